The van der Waals surface area contributed by atoms with Crippen molar-refractivity contribution in [3.05, 3.63) is 27.9 Å². The van der Waals surface area contributed by atoms with Gasteiger partial charge in [0.25, 0.3) is 5.91 Å². The number of hydrogen-bond acceptors (Lipinski definition) is 5. The van der Waals surface area contributed by atoms with Gasteiger partial charge in [0.05, 0.1) is 22.7 Å². The highest BCUT2D eigenvalue weighted by atomic mass is 79.9. The maximum atomic E-state index is 14.8. The molecule has 0 unspecified atom stereocenters. The number of aryl methyl sites for hydroxylation is 1. The highest BCUT2D eigenvalue weighted by Gasteiger charge is 2.37. The van der Waals surface area contributed by atoms with E-state index in [1.807, 2.05) is 0 Å². The first kappa shape index (κ1) is 22.4. The van der Waals surface area contributed by atoms with Crippen LogP contribution in [0.5, 0.6) is 0 Å². The lowest BCUT2D eigenvalue weighted by atomic mass is 10.1. The lowest BCUT2D eigenvalue weighted by Crippen LogP contribution is -2.58. The van der Waals surface area contributed by atoms with E-state index in [-0.39, 0.29) is 35.0 Å². The molecule has 3 rings (SSSR count). The van der Waals surface area contributed by atoms with Gasteiger partial charge in [-0.15, -0.1) is 0 Å². The van der Waals surface area contributed by atoms with Gasteiger partial charge in [-0.3, -0.25) is 9.48 Å². The van der Waals surface area contributed by atoms with Gasteiger partial charge in [-0.1, -0.05) is 0 Å². The van der Waals surface area contributed by atoms with Crippen molar-refractivity contribution in [2.75, 3.05) is 26.2 Å². The van der Waals surface area contributed by atoms with E-state index in [9.17, 15) is 23.5 Å². The lowest BCUT2D eigenvalue weighted by molar-refractivity contribution is -0.00251. The summed E-state index contributed by atoms with van der Waals surface area (Å²) in [5, 5.41) is 14.0. The molecule has 30 heavy (non-hydrogen) atoms. The molecule has 2 aromatic rings. The van der Waals surface area contributed by atoms with Gasteiger partial charge in [0, 0.05) is 38.3 Å². The molecule has 1 aromatic heterocycles. The number of halogens is 3. The topological polar surface area (TPSA) is 87.9 Å². The van der Waals surface area contributed by atoms with E-state index >= 15 is 0 Å². The monoisotopic (exact) mass is 488 g/mol. The minimum absolute atomic E-state index is 0.00790. The average Bonchev–Trinajstić information content (AvgIpc) is 3.05. The Hall–Kier alpha value is -2.27. The summed E-state index contributed by atoms with van der Waals surface area (Å²) in [4.78, 5) is 28.2. The zero-order valence-corrected chi connectivity index (χ0v) is 18.7. The fraction of sp³-hybridized carbons (Fsp3) is 0.526. The first-order valence-corrected chi connectivity index (χ1v) is 10.1. The van der Waals surface area contributed by atoms with Crippen LogP contribution in [0, 0.1) is 11.6 Å². The molecule has 0 spiro atoms. The van der Waals surface area contributed by atoms with E-state index in [1.54, 1.807) is 27.8 Å². The van der Waals surface area contributed by atoms with Crippen molar-refractivity contribution in [3.63, 3.8) is 0 Å². The van der Waals surface area contributed by atoms with E-state index in [1.165, 1.54) is 20.7 Å². The van der Waals surface area contributed by atoms with Crippen LogP contribution in [-0.2, 0) is 11.8 Å². The molecular weight excluding hydrogens is 466 g/mol. The minimum Gasteiger partial charge on any atom is -0.444 e. The molecule has 2 heterocycles. The summed E-state index contributed by atoms with van der Waals surface area (Å²) < 4.78 is 35.7. The Morgan fingerprint density at radius 3 is 2.57 bits per heavy atom. The number of piperazine rings is 1. The first-order chi connectivity index (χ1) is 13.9. The third kappa shape index (κ3) is 4.13. The maximum Gasteiger partial charge on any atom is 0.410 e. The van der Waals surface area contributed by atoms with Crippen LogP contribution in [0.3, 0.4) is 0 Å². The van der Waals surface area contributed by atoms with Gasteiger partial charge in [-0.2, -0.15) is 5.10 Å². The number of nitrogens with zero attached hydrogens (tertiary/aromatic N) is 4. The van der Waals surface area contributed by atoms with Crippen molar-refractivity contribution in [2.24, 2.45) is 7.05 Å². The molecule has 8 nitrogen and oxygen atoms in total. The third-order valence-corrected chi connectivity index (χ3v) is 5.45. The predicted molar refractivity (Wildman–Crippen MR) is 108 cm³/mol. The number of carbonyl (C=O) groups is 2. The fourth-order valence-electron chi connectivity index (χ4n) is 3.39. The number of aromatic nitrogens is 2. The molecule has 1 fully saturated rings. The molecule has 0 radical (unpaired) electrons. The fourth-order valence-corrected chi connectivity index (χ4v) is 3.85. The molecule has 1 aliphatic rings. The Balaban J connectivity index is 1.92. The largest absolute Gasteiger partial charge is 0.444 e. The normalized spacial score (nSPS) is 17.5. The Morgan fingerprint density at radius 2 is 1.97 bits per heavy atom. The molecule has 1 atom stereocenters. The smallest absolute Gasteiger partial charge is 0.410 e. The summed E-state index contributed by atoms with van der Waals surface area (Å²) in [5.74, 6) is -3.28. The summed E-state index contributed by atoms with van der Waals surface area (Å²) in [6, 6.07) is -0.795. The van der Waals surface area contributed by atoms with E-state index < -0.39 is 47.4 Å². The highest BCUT2D eigenvalue weighted by molar-refractivity contribution is 9.10. The second-order valence-electron chi connectivity index (χ2n) is 8.14. The maximum absolute atomic E-state index is 14.8. The number of rotatable bonds is 2. The lowest BCUT2D eigenvalue weighted by Gasteiger charge is -2.41. The summed E-state index contributed by atoms with van der Waals surface area (Å²) >= 11 is 2.98. The van der Waals surface area contributed by atoms with Gasteiger partial charge < -0.3 is 19.6 Å². The zero-order chi connectivity index (χ0) is 22.4. The van der Waals surface area contributed by atoms with Crippen molar-refractivity contribution in [1.82, 2.24) is 19.6 Å². The molecule has 1 N–H and O–H groups in total. The summed E-state index contributed by atoms with van der Waals surface area (Å²) in [5.41, 5.74) is -1.03. The highest BCUT2D eigenvalue weighted by Crippen LogP contribution is 2.33. The molecule has 1 saturated heterocycles. The van der Waals surface area contributed by atoms with Gasteiger partial charge in [-0.05, 0) is 36.7 Å². The number of amides is 2. The van der Waals surface area contributed by atoms with Crippen LogP contribution >= 0.6 is 15.9 Å². The van der Waals surface area contributed by atoms with Crippen LogP contribution in [0.15, 0.2) is 10.7 Å². The van der Waals surface area contributed by atoms with Crippen LogP contribution in [-0.4, -0.2) is 74.6 Å². The number of fused-ring (bicyclic) bond motifs is 1. The van der Waals surface area contributed by atoms with Crippen LogP contribution in [0.1, 0.15) is 31.1 Å². The number of benzene rings is 1. The standard InChI is InChI=1S/C19H23BrF2N4O4/c1-19(2,3)30-18(29)25-5-6-26(10(7-25)9-27)17(28)12-11-8-24(4)23-16(11)13(20)15(22)14(12)21/h8,10,27H,5-7,9H2,1-4H3/t10-/m1/s1. The van der Waals surface area contributed by atoms with E-state index in [0.29, 0.717) is 0 Å². The molecule has 11 heteroatoms. The zero-order valence-electron chi connectivity index (χ0n) is 17.1. The first-order valence-electron chi connectivity index (χ1n) is 9.34. The van der Waals surface area contributed by atoms with Crippen LogP contribution in [0.25, 0.3) is 10.9 Å². The number of aliphatic hydroxyl groups excluding tert-OH is 1. The second kappa shape index (κ2) is 8.10. The van der Waals surface area contributed by atoms with Crippen LogP contribution in [0.4, 0.5) is 13.6 Å². The Bertz CT molecular complexity index is 1000. The van der Waals surface area contributed by atoms with Crippen LogP contribution < -0.4 is 0 Å². The quantitative estimate of drug-likeness (QED) is 0.656. The SMILES string of the molecule is Cn1cc2c(C(=O)N3CCN(C(=O)OC(C)(C)C)C[C@@H]3CO)c(F)c(F)c(Br)c2n1. The van der Waals surface area contributed by atoms with E-state index in [0.717, 1.165) is 0 Å². The number of carbonyl (C=O) groups excluding carboxylic acids is 2. The number of hydrogen-bond donors (Lipinski definition) is 1. The van der Waals surface area contributed by atoms with Crippen molar-refractivity contribution in [2.45, 2.75) is 32.4 Å². The Labute approximate surface area is 180 Å². The van der Waals surface area contributed by atoms with Gasteiger partial charge in [0.15, 0.2) is 11.6 Å². The van der Waals surface area contributed by atoms with E-state index in [4.69, 9.17) is 4.74 Å². The second-order valence-corrected chi connectivity index (χ2v) is 8.94. The van der Waals surface area contributed by atoms with Gasteiger partial charge >= 0.3 is 6.09 Å². The summed E-state index contributed by atoms with van der Waals surface area (Å²) in [7, 11) is 1.58. The molecule has 0 aliphatic carbocycles. The summed E-state index contributed by atoms with van der Waals surface area (Å²) in [6.45, 7) is 4.92. The van der Waals surface area contributed by atoms with Crippen molar-refractivity contribution in [3.8, 4) is 0 Å². The minimum atomic E-state index is -1.29. The van der Waals surface area contributed by atoms with Gasteiger partial charge in [0.2, 0.25) is 0 Å². The molecule has 1 aliphatic heterocycles. The Morgan fingerprint density at radius 1 is 1.30 bits per heavy atom. The summed E-state index contributed by atoms with van der Waals surface area (Å²) in [6.07, 6.45) is 0.865. The number of aliphatic hydroxyl groups is 1. The van der Waals surface area contributed by atoms with Crippen molar-refractivity contribution in [1.29, 1.82) is 0 Å². The van der Waals surface area contributed by atoms with Gasteiger partial charge in [-0.25, -0.2) is 13.6 Å². The Kier molecular flexibility index (Phi) is 6.06. The van der Waals surface area contributed by atoms with Crippen LogP contribution in [0.2, 0.25) is 0 Å². The third-order valence-electron chi connectivity index (χ3n) is 4.73. The molecule has 1 aromatic carbocycles. The van der Waals surface area contributed by atoms with Gasteiger partial charge in [0.1, 0.15) is 11.1 Å². The van der Waals surface area contributed by atoms with E-state index in [2.05, 4.69) is 21.0 Å². The van der Waals surface area contributed by atoms with Crippen molar-refractivity contribution >= 4 is 38.8 Å². The molecule has 2 amide bonds. The predicted octanol–water partition coefficient (Wildman–Crippen LogP) is 2.67. The molecule has 0 bridgehead atoms. The molecular formula is C19H23BrF2N4O4. The molecule has 0 saturated carbocycles. The average molecular weight is 489 g/mol. The van der Waals surface area contributed by atoms with Crippen molar-refractivity contribution < 1.29 is 28.2 Å². The number of ether oxygens (including phenoxy) is 1. The molecule has 164 valence electrons.